The van der Waals surface area contributed by atoms with Gasteiger partial charge in [0.25, 0.3) is 5.56 Å². The SMILES string of the molecule is CC[C@H](Nc1ncnc(N)c1-c1noc(C)n1)c1nc2cccc(-c3cnn(C)c3)c2c(=O)n1C1CC1. The number of anilines is 2. The number of nitrogens with two attached hydrogens (primary N) is 1. The number of hydrogen-bond acceptors (Lipinski definition) is 10. The summed E-state index contributed by atoms with van der Waals surface area (Å²) in [5.41, 5.74) is 8.91. The van der Waals surface area contributed by atoms with Crippen LogP contribution in [-0.2, 0) is 7.05 Å². The van der Waals surface area contributed by atoms with E-state index in [0.29, 0.717) is 46.2 Å². The first kappa shape index (κ1) is 22.8. The monoisotopic (exact) mass is 498 g/mol. The molecule has 6 rings (SSSR count). The van der Waals surface area contributed by atoms with E-state index >= 15 is 0 Å². The van der Waals surface area contributed by atoms with Gasteiger partial charge in [-0.1, -0.05) is 24.2 Å². The van der Waals surface area contributed by atoms with Gasteiger partial charge in [-0.15, -0.1) is 0 Å². The lowest BCUT2D eigenvalue weighted by atomic mass is 10.0. The van der Waals surface area contributed by atoms with Gasteiger partial charge in [-0.25, -0.2) is 15.0 Å². The minimum Gasteiger partial charge on any atom is -0.383 e. The smallest absolute Gasteiger partial charge is 0.262 e. The highest BCUT2D eigenvalue weighted by atomic mass is 16.5. The minimum atomic E-state index is -0.333. The standard InChI is InChI=1S/C25H26N10O2/c1-4-17(31-22-20(21(26)27-12-28-22)23-30-13(2)37-33-23)24-32-18-7-5-6-16(14-10-29-34(3)11-14)19(18)25(36)35(24)15-8-9-15/h5-7,10-12,15,17H,4,8-9H2,1-3H3,(H3,26,27,28,31)/t17-/m0/s1. The van der Waals surface area contributed by atoms with Gasteiger partial charge in [0.15, 0.2) is 0 Å². The molecule has 0 bridgehead atoms. The van der Waals surface area contributed by atoms with Gasteiger partial charge in [-0.2, -0.15) is 10.1 Å². The predicted molar refractivity (Wildman–Crippen MR) is 138 cm³/mol. The highest BCUT2D eigenvalue weighted by Gasteiger charge is 2.32. The molecule has 4 aromatic heterocycles. The van der Waals surface area contributed by atoms with Crippen LogP contribution in [0.5, 0.6) is 0 Å². The van der Waals surface area contributed by atoms with Crippen molar-refractivity contribution in [3.05, 3.63) is 59.0 Å². The second-order valence-electron chi connectivity index (χ2n) is 9.20. The molecule has 1 aliphatic rings. The Morgan fingerprint density at radius 3 is 2.76 bits per heavy atom. The quantitative estimate of drug-likeness (QED) is 0.341. The number of hydrogen-bond donors (Lipinski definition) is 2. The van der Waals surface area contributed by atoms with Crippen LogP contribution >= 0.6 is 0 Å². The summed E-state index contributed by atoms with van der Waals surface area (Å²) < 4.78 is 8.72. The summed E-state index contributed by atoms with van der Waals surface area (Å²) in [6.07, 6.45) is 7.55. The Kier molecular flexibility index (Phi) is 5.43. The summed E-state index contributed by atoms with van der Waals surface area (Å²) in [5.74, 6) is 2.01. The van der Waals surface area contributed by atoms with Crippen LogP contribution < -0.4 is 16.6 Å². The number of aryl methyl sites for hydroxylation is 2. The zero-order chi connectivity index (χ0) is 25.7. The first-order valence-electron chi connectivity index (χ1n) is 12.2. The third-order valence-electron chi connectivity index (χ3n) is 6.54. The fraction of sp³-hybridized carbons (Fsp3) is 0.320. The Bertz CT molecular complexity index is 1680. The maximum Gasteiger partial charge on any atom is 0.262 e. The van der Waals surface area contributed by atoms with Crippen molar-refractivity contribution in [3.8, 4) is 22.5 Å². The van der Waals surface area contributed by atoms with Crippen LogP contribution in [0.3, 0.4) is 0 Å². The maximum absolute atomic E-state index is 14.0. The molecule has 1 saturated carbocycles. The third kappa shape index (κ3) is 3.99. The largest absolute Gasteiger partial charge is 0.383 e. The van der Waals surface area contributed by atoms with E-state index < -0.39 is 0 Å². The Hall–Kier alpha value is -4.61. The molecule has 0 radical (unpaired) electrons. The summed E-state index contributed by atoms with van der Waals surface area (Å²) in [7, 11) is 1.86. The van der Waals surface area contributed by atoms with Crippen LogP contribution in [0.1, 0.15) is 50.0 Å². The van der Waals surface area contributed by atoms with Gasteiger partial charge in [0.05, 0.1) is 23.1 Å². The van der Waals surface area contributed by atoms with E-state index in [9.17, 15) is 4.79 Å². The molecule has 1 aliphatic carbocycles. The minimum absolute atomic E-state index is 0.0570. The van der Waals surface area contributed by atoms with Crippen molar-refractivity contribution >= 4 is 22.5 Å². The van der Waals surface area contributed by atoms with E-state index in [1.165, 1.54) is 6.33 Å². The molecule has 37 heavy (non-hydrogen) atoms. The highest BCUT2D eigenvalue weighted by molar-refractivity contribution is 5.93. The molecule has 1 atom stereocenters. The van der Waals surface area contributed by atoms with Crippen LogP contribution in [0.25, 0.3) is 33.4 Å². The predicted octanol–water partition coefficient (Wildman–Crippen LogP) is 3.43. The highest BCUT2D eigenvalue weighted by Crippen LogP contribution is 2.38. The first-order chi connectivity index (χ1) is 17.9. The van der Waals surface area contributed by atoms with Crippen molar-refractivity contribution in [2.75, 3.05) is 11.1 Å². The second-order valence-corrected chi connectivity index (χ2v) is 9.20. The summed E-state index contributed by atoms with van der Waals surface area (Å²) in [6, 6.07) is 5.50. The van der Waals surface area contributed by atoms with Crippen molar-refractivity contribution in [2.45, 2.75) is 45.2 Å². The first-order valence-corrected chi connectivity index (χ1v) is 12.2. The van der Waals surface area contributed by atoms with Gasteiger partial charge in [-0.3, -0.25) is 14.0 Å². The Morgan fingerprint density at radius 2 is 2.08 bits per heavy atom. The summed E-state index contributed by atoms with van der Waals surface area (Å²) in [5, 5.41) is 12.3. The summed E-state index contributed by atoms with van der Waals surface area (Å²) >= 11 is 0. The molecule has 12 heteroatoms. The van der Waals surface area contributed by atoms with Gasteiger partial charge >= 0.3 is 0 Å². The Balaban J connectivity index is 1.50. The van der Waals surface area contributed by atoms with Crippen molar-refractivity contribution in [1.82, 2.24) is 39.4 Å². The van der Waals surface area contributed by atoms with E-state index in [4.69, 9.17) is 15.2 Å². The van der Waals surface area contributed by atoms with Gasteiger partial charge in [0, 0.05) is 31.8 Å². The van der Waals surface area contributed by atoms with Crippen molar-refractivity contribution < 1.29 is 4.52 Å². The number of fused-ring (bicyclic) bond motifs is 1. The lowest BCUT2D eigenvalue weighted by molar-refractivity contribution is 0.394. The molecule has 188 valence electrons. The van der Waals surface area contributed by atoms with Crippen LogP contribution in [0.15, 0.2) is 46.2 Å². The van der Waals surface area contributed by atoms with E-state index in [2.05, 4.69) is 30.5 Å². The van der Waals surface area contributed by atoms with E-state index in [1.54, 1.807) is 17.8 Å². The normalized spacial score (nSPS) is 14.2. The molecule has 0 amide bonds. The number of nitrogens with one attached hydrogen (secondary N) is 1. The van der Waals surface area contributed by atoms with Gasteiger partial charge in [-0.05, 0) is 30.9 Å². The molecule has 0 aliphatic heterocycles. The Labute approximate surface area is 211 Å². The average molecular weight is 499 g/mol. The van der Waals surface area contributed by atoms with Crippen molar-refractivity contribution in [3.63, 3.8) is 0 Å². The summed E-state index contributed by atoms with van der Waals surface area (Å²) in [4.78, 5) is 31.9. The summed E-state index contributed by atoms with van der Waals surface area (Å²) in [6.45, 7) is 3.73. The Morgan fingerprint density at radius 1 is 1.24 bits per heavy atom. The fourth-order valence-corrected chi connectivity index (χ4v) is 4.64. The molecule has 12 nitrogen and oxygen atoms in total. The molecule has 0 spiro atoms. The molecular weight excluding hydrogens is 472 g/mol. The van der Waals surface area contributed by atoms with Crippen LogP contribution in [0.4, 0.5) is 11.6 Å². The lowest BCUT2D eigenvalue weighted by Gasteiger charge is -2.23. The number of nitrogen functional groups attached to an aromatic ring is 1. The molecule has 1 aromatic carbocycles. The van der Waals surface area contributed by atoms with E-state index in [0.717, 1.165) is 24.0 Å². The van der Waals surface area contributed by atoms with Gasteiger partial charge < -0.3 is 15.6 Å². The second kappa shape index (κ2) is 8.80. The molecule has 4 heterocycles. The van der Waals surface area contributed by atoms with Crippen LogP contribution in [0, 0.1) is 6.92 Å². The zero-order valence-corrected chi connectivity index (χ0v) is 20.7. The molecular formula is C25H26N10O2. The molecule has 3 N–H and O–H groups in total. The van der Waals surface area contributed by atoms with Crippen LogP contribution in [0.2, 0.25) is 0 Å². The number of benzene rings is 1. The maximum atomic E-state index is 14.0. The topological polar surface area (TPSA) is 155 Å². The zero-order valence-electron chi connectivity index (χ0n) is 20.7. The number of rotatable bonds is 7. The fourth-order valence-electron chi connectivity index (χ4n) is 4.64. The number of aromatic nitrogens is 8. The van der Waals surface area contributed by atoms with Crippen molar-refractivity contribution in [1.29, 1.82) is 0 Å². The van der Waals surface area contributed by atoms with E-state index in [-0.39, 0.29) is 23.5 Å². The molecule has 0 unspecified atom stereocenters. The molecule has 0 saturated heterocycles. The van der Waals surface area contributed by atoms with E-state index in [1.807, 2.05) is 42.9 Å². The van der Waals surface area contributed by atoms with Crippen molar-refractivity contribution in [2.24, 2.45) is 7.05 Å². The van der Waals surface area contributed by atoms with Gasteiger partial charge in [0.1, 0.15) is 29.4 Å². The van der Waals surface area contributed by atoms with Crippen LogP contribution in [-0.4, -0.2) is 39.4 Å². The molecule has 5 aromatic rings. The third-order valence-corrected chi connectivity index (χ3v) is 6.54. The average Bonchev–Trinajstić information content (AvgIpc) is 3.48. The van der Waals surface area contributed by atoms with Gasteiger partial charge in [0.2, 0.25) is 11.7 Å². The lowest BCUT2D eigenvalue weighted by Crippen LogP contribution is -2.29. The molecule has 1 fully saturated rings. The number of nitrogens with zero attached hydrogens (tertiary/aromatic N) is 8.